The molecule has 8 nitrogen and oxygen atoms in total. The molecular formula is C27H18F6N6O2. The van der Waals surface area contributed by atoms with Crippen molar-refractivity contribution in [3.05, 3.63) is 88.9 Å². The number of benzene rings is 3. The molecule has 0 bridgehead atoms. The first-order valence-corrected chi connectivity index (χ1v) is 11.8. The molecule has 0 aliphatic heterocycles. The molecule has 14 heteroatoms. The van der Waals surface area contributed by atoms with Gasteiger partial charge in [0.1, 0.15) is 11.4 Å². The number of para-hydroxylation sites is 1. The van der Waals surface area contributed by atoms with E-state index in [0.29, 0.717) is 23.4 Å². The minimum Gasteiger partial charge on any atom is -0.497 e. The fourth-order valence-electron chi connectivity index (χ4n) is 4.22. The van der Waals surface area contributed by atoms with Gasteiger partial charge < -0.3 is 4.74 Å². The number of ether oxygens (including phenoxy) is 1. The minimum absolute atomic E-state index is 0.0320. The molecule has 5 rings (SSSR count). The van der Waals surface area contributed by atoms with Crippen LogP contribution >= 0.6 is 0 Å². The summed E-state index contributed by atoms with van der Waals surface area (Å²) < 4.78 is 87.6. The average Bonchev–Trinajstić information content (AvgIpc) is 3.31. The number of alkyl halides is 6. The number of carbonyl (C=O) groups is 1. The first kappa shape index (κ1) is 27.6. The number of hydrogen-bond donors (Lipinski definition) is 1. The molecule has 0 fully saturated rings. The number of nitrogens with zero attached hydrogens (tertiary/aromatic N) is 5. The summed E-state index contributed by atoms with van der Waals surface area (Å²) in [6.45, 7) is 1.34. The normalized spacial score (nSPS) is 12.4. The highest BCUT2D eigenvalue weighted by atomic mass is 19.4. The number of halogens is 6. The summed E-state index contributed by atoms with van der Waals surface area (Å²) in [7, 11) is 1.56. The van der Waals surface area contributed by atoms with Crippen molar-refractivity contribution in [2.75, 3.05) is 7.11 Å². The van der Waals surface area contributed by atoms with Crippen molar-refractivity contribution in [2.24, 2.45) is 5.10 Å². The number of amides is 1. The lowest BCUT2D eigenvalue weighted by atomic mass is 10.1. The van der Waals surface area contributed by atoms with Crippen LogP contribution in [0.3, 0.4) is 0 Å². The fraction of sp³-hybridized carbons (Fsp3) is 0.148. The smallest absolute Gasteiger partial charge is 0.433 e. The van der Waals surface area contributed by atoms with E-state index in [-0.39, 0.29) is 22.5 Å². The van der Waals surface area contributed by atoms with Crippen LogP contribution in [0.2, 0.25) is 0 Å². The van der Waals surface area contributed by atoms with E-state index in [0.717, 1.165) is 21.5 Å². The Morgan fingerprint density at radius 2 is 1.71 bits per heavy atom. The second-order valence-corrected chi connectivity index (χ2v) is 8.83. The minimum atomic E-state index is -5.06. The van der Waals surface area contributed by atoms with Crippen molar-refractivity contribution < 1.29 is 35.9 Å². The molecular weight excluding hydrogens is 554 g/mol. The van der Waals surface area contributed by atoms with Gasteiger partial charge in [0.15, 0.2) is 5.69 Å². The SMILES string of the molecule is COc1ccc2cc(C=NNC(=O)c3nnn(-c4cc(C(F)(F)F)nc5c(C(F)(F)F)cccc45)c3C)ccc2c1. The standard InChI is InChI=1S/C27H18F6N6O2/c1-14-23(25(40)37-34-13-15-6-7-17-11-18(41-2)9-8-16(17)10-15)36-38-39(14)21-12-22(27(31,32)33)35-24-19(21)4-3-5-20(24)26(28,29)30/h3-13H,1-2H3,(H,37,40). The molecule has 2 aromatic heterocycles. The lowest BCUT2D eigenvalue weighted by Crippen LogP contribution is -2.19. The Balaban J connectivity index is 1.46. The molecule has 3 aromatic carbocycles. The molecule has 0 atom stereocenters. The lowest BCUT2D eigenvalue weighted by Gasteiger charge is -2.15. The van der Waals surface area contributed by atoms with Crippen LogP contribution < -0.4 is 10.2 Å². The molecule has 5 aromatic rings. The Morgan fingerprint density at radius 3 is 2.41 bits per heavy atom. The zero-order valence-electron chi connectivity index (χ0n) is 21.2. The quantitative estimate of drug-likeness (QED) is 0.156. The molecule has 41 heavy (non-hydrogen) atoms. The van der Waals surface area contributed by atoms with Gasteiger partial charge in [-0.2, -0.15) is 31.4 Å². The zero-order chi connectivity index (χ0) is 29.5. The summed E-state index contributed by atoms with van der Waals surface area (Å²) in [5.74, 6) is -0.134. The Hall–Kier alpha value is -5.01. The second-order valence-electron chi connectivity index (χ2n) is 8.83. The summed E-state index contributed by atoms with van der Waals surface area (Å²) in [6, 6.07) is 14.4. The number of nitrogens with one attached hydrogen (secondary N) is 1. The van der Waals surface area contributed by atoms with Gasteiger partial charge in [-0.1, -0.05) is 35.5 Å². The summed E-state index contributed by atoms with van der Waals surface area (Å²) >= 11 is 0. The van der Waals surface area contributed by atoms with Gasteiger partial charge in [-0.05, 0) is 53.6 Å². The van der Waals surface area contributed by atoms with E-state index in [2.05, 4.69) is 25.8 Å². The maximum absolute atomic E-state index is 13.6. The van der Waals surface area contributed by atoms with Gasteiger partial charge in [0.2, 0.25) is 0 Å². The van der Waals surface area contributed by atoms with Gasteiger partial charge in [-0.3, -0.25) is 4.79 Å². The molecule has 1 amide bonds. The van der Waals surface area contributed by atoms with Crippen molar-refractivity contribution in [3.8, 4) is 11.4 Å². The molecule has 1 N–H and O–H groups in total. The number of hydrogen-bond acceptors (Lipinski definition) is 6. The summed E-state index contributed by atoms with van der Waals surface area (Å²) in [5, 5.41) is 13.0. The summed E-state index contributed by atoms with van der Waals surface area (Å²) in [5.41, 5.74) is -1.59. The molecule has 0 saturated carbocycles. The fourth-order valence-corrected chi connectivity index (χ4v) is 4.22. The maximum atomic E-state index is 13.6. The Morgan fingerprint density at radius 1 is 0.976 bits per heavy atom. The highest BCUT2D eigenvalue weighted by Crippen LogP contribution is 2.38. The largest absolute Gasteiger partial charge is 0.497 e. The van der Waals surface area contributed by atoms with Crippen LogP contribution in [0.25, 0.3) is 27.4 Å². The highest BCUT2D eigenvalue weighted by Gasteiger charge is 2.38. The van der Waals surface area contributed by atoms with Gasteiger partial charge in [-0.15, -0.1) is 5.10 Å². The van der Waals surface area contributed by atoms with Gasteiger partial charge in [-0.25, -0.2) is 15.1 Å². The van der Waals surface area contributed by atoms with Gasteiger partial charge in [0.05, 0.1) is 35.8 Å². The van der Waals surface area contributed by atoms with Crippen molar-refractivity contribution in [1.29, 1.82) is 0 Å². The number of methoxy groups -OCH3 is 1. The van der Waals surface area contributed by atoms with Gasteiger partial charge in [0.25, 0.3) is 5.91 Å². The highest BCUT2D eigenvalue weighted by molar-refractivity contribution is 5.96. The van der Waals surface area contributed by atoms with E-state index in [9.17, 15) is 31.1 Å². The molecule has 0 spiro atoms. The molecule has 0 aliphatic rings. The predicted molar refractivity (Wildman–Crippen MR) is 137 cm³/mol. The molecule has 0 unspecified atom stereocenters. The number of rotatable bonds is 5. The maximum Gasteiger partial charge on any atom is 0.433 e. The Labute approximate surface area is 227 Å². The summed E-state index contributed by atoms with van der Waals surface area (Å²) in [4.78, 5) is 16.0. The van der Waals surface area contributed by atoms with E-state index in [1.165, 1.54) is 19.2 Å². The topological polar surface area (TPSA) is 94.3 Å². The molecule has 210 valence electrons. The lowest BCUT2D eigenvalue weighted by molar-refractivity contribution is -0.142. The van der Waals surface area contributed by atoms with E-state index in [1.807, 2.05) is 24.3 Å². The van der Waals surface area contributed by atoms with Crippen LogP contribution in [0.4, 0.5) is 26.3 Å². The van der Waals surface area contributed by atoms with E-state index in [1.54, 1.807) is 19.2 Å². The van der Waals surface area contributed by atoms with E-state index >= 15 is 0 Å². The van der Waals surface area contributed by atoms with Gasteiger partial charge >= 0.3 is 12.4 Å². The van der Waals surface area contributed by atoms with Crippen LogP contribution in [0.1, 0.15) is 33.0 Å². The van der Waals surface area contributed by atoms with Crippen molar-refractivity contribution in [3.63, 3.8) is 0 Å². The molecule has 0 saturated heterocycles. The third kappa shape index (κ3) is 5.40. The zero-order valence-corrected chi connectivity index (χ0v) is 21.2. The van der Waals surface area contributed by atoms with Crippen molar-refractivity contribution in [1.82, 2.24) is 25.4 Å². The van der Waals surface area contributed by atoms with Gasteiger partial charge in [0, 0.05) is 5.39 Å². The van der Waals surface area contributed by atoms with Crippen LogP contribution in [-0.4, -0.2) is 39.2 Å². The van der Waals surface area contributed by atoms with Crippen LogP contribution in [-0.2, 0) is 12.4 Å². The molecule has 2 heterocycles. The van der Waals surface area contributed by atoms with E-state index < -0.39 is 35.0 Å². The monoisotopic (exact) mass is 572 g/mol. The average molecular weight is 572 g/mol. The molecule has 0 aliphatic carbocycles. The third-order valence-electron chi connectivity index (χ3n) is 6.20. The van der Waals surface area contributed by atoms with Crippen molar-refractivity contribution in [2.45, 2.75) is 19.3 Å². The van der Waals surface area contributed by atoms with Crippen LogP contribution in [0.15, 0.2) is 65.8 Å². The Bertz CT molecular complexity index is 1830. The number of carbonyl (C=O) groups excluding carboxylic acids is 1. The number of aromatic nitrogens is 4. The first-order valence-electron chi connectivity index (χ1n) is 11.8. The number of pyridine rings is 1. The number of fused-ring (bicyclic) bond motifs is 2. The Kier molecular flexibility index (Phi) is 6.85. The molecule has 0 radical (unpaired) electrons. The predicted octanol–water partition coefficient (Wildman–Crippen LogP) is 6.09. The third-order valence-corrected chi connectivity index (χ3v) is 6.20. The second kappa shape index (κ2) is 10.2. The van der Waals surface area contributed by atoms with Crippen LogP contribution in [0, 0.1) is 6.92 Å². The van der Waals surface area contributed by atoms with Crippen LogP contribution in [0.5, 0.6) is 5.75 Å². The van der Waals surface area contributed by atoms with Crippen molar-refractivity contribution >= 4 is 33.8 Å². The summed E-state index contributed by atoms with van der Waals surface area (Å²) in [6.07, 6.45) is -8.64. The van der Waals surface area contributed by atoms with E-state index in [4.69, 9.17) is 4.74 Å². The first-order chi connectivity index (χ1) is 19.4. The number of hydrazone groups is 1.